The molecule has 3 heteroatoms. The van der Waals surface area contributed by atoms with Crippen molar-refractivity contribution in [2.75, 3.05) is 0 Å². The fraction of sp³-hybridized carbons (Fsp3) is 0.0185. The van der Waals surface area contributed by atoms with Crippen molar-refractivity contribution in [3.05, 3.63) is 222 Å². The van der Waals surface area contributed by atoms with E-state index in [-0.39, 0.29) is 0 Å². The summed E-state index contributed by atoms with van der Waals surface area (Å²) in [5, 5.41) is 5.02. The van der Waals surface area contributed by atoms with Gasteiger partial charge in [-0.3, -0.25) is 4.57 Å². The summed E-state index contributed by atoms with van der Waals surface area (Å²) in [5.41, 5.74) is 17.9. The summed E-state index contributed by atoms with van der Waals surface area (Å²) in [6, 6.07) is 73.8. The number of hydrogen-bond donors (Lipinski definition) is 0. The first-order chi connectivity index (χ1) is 28.3. The minimum absolute atomic E-state index is 0.479. The first kappa shape index (κ1) is 30.8. The van der Waals surface area contributed by atoms with E-state index in [0.29, 0.717) is 0 Å². The van der Waals surface area contributed by atoms with Crippen molar-refractivity contribution in [1.29, 1.82) is 0 Å². The van der Waals surface area contributed by atoms with E-state index < -0.39 is 5.41 Å². The second-order valence-corrected chi connectivity index (χ2v) is 15.5. The summed E-state index contributed by atoms with van der Waals surface area (Å²) in [6.45, 7) is 0. The van der Waals surface area contributed by atoms with Crippen molar-refractivity contribution < 1.29 is 0 Å². The third-order valence-electron chi connectivity index (χ3n) is 12.7. The van der Waals surface area contributed by atoms with Gasteiger partial charge in [0.05, 0.1) is 33.2 Å². The maximum atomic E-state index is 5.18. The van der Waals surface area contributed by atoms with Crippen LogP contribution < -0.4 is 0 Å². The van der Waals surface area contributed by atoms with Crippen molar-refractivity contribution in [2.45, 2.75) is 5.41 Å². The average molecular weight is 724 g/mol. The lowest BCUT2D eigenvalue weighted by molar-refractivity contribution is 0.749. The van der Waals surface area contributed by atoms with E-state index in [1.807, 2.05) is 0 Å². The summed E-state index contributed by atoms with van der Waals surface area (Å²) in [5.74, 6) is 0.939. The quantitative estimate of drug-likeness (QED) is 0.178. The molecule has 2 aromatic heterocycles. The van der Waals surface area contributed by atoms with Crippen molar-refractivity contribution in [3.63, 3.8) is 0 Å². The van der Waals surface area contributed by atoms with Gasteiger partial charge in [-0.2, -0.15) is 0 Å². The highest BCUT2D eigenvalue weighted by molar-refractivity contribution is 6.13. The van der Waals surface area contributed by atoms with Gasteiger partial charge >= 0.3 is 0 Å². The zero-order valence-corrected chi connectivity index (χ0v) is 30.9. The van der Waals surface area contributed by atoms with Crippen LogP contribution in [0.2, 0.25) is 0 Å². The summed E-state index contributed by atoms with van der Waals surface area (Å²) in [6.07, 6.45) is 0. The van der Waals surface area contributed by atoms with Gasteiger partial charge in [0, 0.05) is 22.0 Å². The molecule has 1 spiro atoms. The smallest absolute Gasteiger partial charge is 0.145 e. The molecule has 1 aliphatic heterocycles. The standard InChI is InChI=1S/C54H33N3/c1-2-13-36-32-38(25-24-34(36)12-1)53-55-48-20-7-10-23-51(48)56(53)39-29-26-35(27-30-39)37-28-31-41-40-14-3-5-17-44(40)54(47(41)33-37)45-18-6-9-22-50(45)57-49-21-8-4-15-42(49)43-16-11-19-46(54)52(43)57/h1-33H. The van der Waals surface area contributed by atoms with Gasteiger partial charge in [0.25, 0.3) is 0 Å². The van der Waals surface area contributed by atoms with Gasteiger partial charge in [0.1, 0.15) is 5.82 Å². The molecule has 0 fully saturated rings. The van der Waals surface area contributed by atoms with Crippen molar-refractivity contribution in [3.8, 4) is 45.0 Å². The van der Waals surface area contributed by atoms with Crippen molar-refractivity contribution in [1.82, 2.24) is 14.1 Å². The Hall–Kier alpha value is -7.49. The highest BCUT2D eigenvalue weighted by atomic mass is 15.1. The van der Waals surface area contributed by atoms with Crippen LogP contribution in [0.5, 0.6) is 0 Å². The first-order valence-electron chi connectivity index (χ1n) is 19.7. The molecule has 0 radical (unpaired) electrons. The Kier molecular flexibility index (Phi) is 6.10. The molecule has 0 saturated heterocycles. The number of para-hydroxylation sites is 5. The fourth-order valence-corrected chi connectivity index (χ4v) is 10.4. The topological polar surface area (TPSA) is 22.8 Å². The minimum atomic E-state index is -0.479. The van der Waals surface area contributed by atoms with Crippen LogP contribution >= 0.6 is 0 Å². The SMILES string of the molecule is c1ccc2c(c1)-c1ccc(-c3ccc(-n4c(-c5ccc6ccccc6c5)nc5ccccc54)cc3)cc1C21c2ccccc2-n2c3ccccc3c3cccc1c32. The van der Waals surface area contributed by atoms with Crippen LogP contribution in [-0.4, -0.2) is 14.1 Å². The zero-order chi connectivity index (χ0) is 37.2. The average Bonchev–Trinajstić information content (AvgIpc) is 3.93. The summed E-state index contributed by atoms with van der Waals surface area (Å²) >= 11 is 0. The molecule has 1 aliphatic carbocycles. The van der Waals surface area contributed by atoms with Gasteiger partial charge < -0.3 is 4.57 Å². The molecule has 9 aromatic carbocycles. The molecule has 1 unspecified atom stereocenters. The predicted octanol–water partition coefficient (Wildman–Crippen LogP) is 13.3. The second kappa shape index (κ2) is 11.3. The number of rotatable bonds is 3. The molecule has 11 aromatic rings. The number of imidazole rings is 1. The van der Waals surface area contributed by atoms with Crippen LogP contribution in [0.4, 0.5) is 0 Å². The molecule has 0 saturated carbocycles. The monoisotopic (exact) mass is 723 g/mol. The number of benzene rings is 9. The molecule has 0 bridgehead atoms. The largest absolute Gasteiger partial charge is 0.309 e. The molecule has 3 nitrogen and oxygen atoms in total. The zero-order valence-electron chi connectivity index (χ0n) is 30.9. The van der Waals surface area contributed by atoms with E-state index in [4.69, 9.17) is 4.98 Å². The van der Waals surface area contributed by atoms with Gasteiger partial charge in [-0.15, -0.1) is 0 Å². The number of hydrogen-bond acceptors (Lipinski definition) is 1. The molecular weight excluding hydrogens is 691 g/mol. The van der Waals surface area contributed by atoms with E-state index >= 15 is 0 Å². The molecule has 2 aliphatic rings. The van der Waals surface area contributed by atoms with Crippen LogP contribution in [-0.2, 0) is 5.41 Å². The fourth-order valence-electron chi connectivity index (χ4n) is 10.4. The van der Waals surface area contributed by atoms with Crippen LogP contribution in [0.15, 0.2) is 200 Å². The van der Waals surface area contributed by atoms with Crippen molar-refractivity contribution >= 4 is 43.6 Å². The molecule has 0 amide bonds. The van der Waals surface area contributed by atoms with Gasteiger partial charge in [-0.25, -0.2) is 4.98 Å². The van der Waals surface area contributed by atoms with Gasteiger partial charge in [0.2, 0.25) is 0 Å². The molecule has 57 heavy (non-hydrogen) atoms. The van der Waals surface area contributed by atoms with E-state index in [9.17, 15) is 0 Å². The Morgan fingerprint density at radius 2 is 1.05 bits per heavy atom. The first-order valence-corrected chi connectivity index (χ1v) is 19.7. The Balaban J connectivity index is 1.01. The lowest BCUT2D eigenvalue weighted by atomic mass is 9.65. The normalized spacial score (nSPS) is 15.1. The Morgan fingerprint density at radius 1 is 0.386 bits per heavy atom. The highest BCUT2D eigenvalue weighted by Crippen LogP contribution is 2.61. The van der Waals surface area contributed by atoms with Gasteiger partial charge in [-0.1, -0.05) is 152 Å². The molecule has 0 N–H and O–H groups in total. The summed E-state index contributed by atoms with van der Waals surface area (Å²) in [7, 11) is 0. The Bertz CT molecular complexity index is 3470. The Labute approximate surface area is 329 Å². The van der Waals surface area contributed by atoms with E-state index in [1.54, 1.807) is 0 Å². The molecule has 264 valence electrons. The van der Waals surface area contributed by atoms with E-state index in [1.165, 1.54) is 82.8 Å². The third kappa shape index (κ3) is 4.02. The number of aromatic nitrogens is 3. The molecular formula is C54H33N3. The minimum Gasteiger partial charge on any atom is -0.309 e. The maximum absolute atomic E-state index is 5.18. The summed E-state index contributed by atoms with van der Waals surface area (Å²) < 4.78 is 4.81. The van der Waals surface area contributed by atoms with Crippen LogP contribution in [0, 0.1) is 0 Å². The summed E-state index contributed by atoms with van der Waals surface area (Å²) in [4.78, 5) is 5.18. The highest BCUT2D eigenvalue weighted by Gasteiger charge is 2.50. The lowest BCUT2D eigenvalue weighted by Crippen LogP contribution is -2.33. The molecule has 3 heterocycles. The second-order valence-electron chi connectivity index (χ2n) is 15.5. The van der Waals surface area contributed by atoms with Crippen LogP contribution in [0.1, 0.15) is 22.3 Å². The van der Waals surface area contributed by atoms with E-state index in [2.05, 4.69) is 209 Å². The molecule has 1 atom stereocenters. The van der Waals surface area contributed by atoms with Gasteiger partial charge in [0.15, 0.2) is 0 Å². The van der Waals surface area contributed by atoms with Crippen molar-refractivity contribution in [2.24, 2.45) is 0 Å². The number of fused-ring (bicyclic) bond motifs is 14. The van der Waals surface area contributed by atoms with E-state index in [0.717, 1.165) is 28.1 Å². The van der Waals surface area contributed by atoms with Crippen LogP contribution in [0.3, 0.4) is 0 Å². The third-order valence-corrected chi connectivity index (χ3v) is 12.7. The Morgan fingerprint density at radius 3 is 1.96 bits per heavy atom. The number of nitrogens with zero attached hydrogens (tertiary/aromatic N) is 3. The van der Waals surface area contributed by atoms with Crippen LogP contribution in [0.25, 0.3) is 88.6 Å². The predicted molar refractivity (Wildman–Crippen MR) is 235 cm³/mol. The van der Waals surface area contributed by atoms with Gasteiger partial charge in [-0.05, 0) is 104 Å². The lowest BCUT2D eigenvalue weighted by Gasteiger charge is -2.39. The molecule has 13 rings (SSSR count). The maximum Gasteiger partial charge on any atom is 0.145 e.